The molecule has 1 radical (unpaired) electrons. The summed E-state index contributed by atoms with van der Waals surface area (Å²) in [7, 11) is 0. The largest absolute Gasteiger partial charge is 0.382 e. The lowest BCUT2D eigenvalue weighted by molar-refractivity contribution is -0.530. The van der Waals surface area contributed by atoms with Gasteiger partial charge in [0.25, 0.3) is 0 Å². The molecule has 5 nitrogen and oxygen atoms in total. The quantitative estimate of drug-likeness (QED) is 0.147. The fourth-order valence-corrected chi connectivity index (χ4v) is 2.05. The van der Waals surface area contributed by atoms with Gasteiger partial charge in [0.2, 0.25) is 6.04 Å². The second-order valence-electron chi connectivity index (χ2n) is 5.75. The van der Waals surface area contributed by atoms with E-state index in [9.17, 15) is 20.0 Å². The molecule has 0 aromatic heterocycles. The average Bonchev–Trinajstić information content (AvgIpc) is 2.65. The number of hydrogen-bond acceptors (Lipinski definition) is 4. The molecule has 2 atom stereocenters. The Kier molecular flexibility index (Phi) is 16.6. The van der Waals surface area contributed by atoms with Crippen LogP contribution in [-0.4, -0.2) is 28.5 Å². The highest BCUT2D eigenvalue weighted by atomic mass is 16.6. The minimum Gasteiger partial charge on any atom is -0.382 e. The lowest BCUT2D eigenvalue weighted by atomic mass is 10.1. The summed E-state index contributed by atoms with van der Waals surface area (Å²) in [5.41, 5.74) is 0. The molecule has 1 N–H and O–H groups in total. The van der Waals surface area contributed by atoms with Gasteiger partial charge < -0.3 is 5.11 Å². The maximum absolute atomic E-state index is 11.1. The molecule has 0 saturated carbocycles. The second kappa shape index (κ2) is 18.3. The molecule has 0 aromatic rings. The number of aliphatic hydroxyl groups excluding tert-OH is 1. The minimum atomic E-state index is -1.17. The molecule has 0 saturated heterocycles. The smallest absolute Gasteiger partial charge is 0.245 e. The zero-order valence-corrected chi connectivity index (χ0v) is 15.9. The zero-order valence-electron chi connectivity index (χ0n) is 15.9. The summed E-state index contributed by atoms with van der Waals surface area (Å²) in [6.45, 7) is 2.11. The van der Waals surface area contributed by atoms with Crippen molar-refractivity contribution in [3.05, 3.63) is 83.0 Å². The van der Waals surface area contributed by atoms with E-state index in [0.29, 0.717) is 6.42 Å². The lowest BCUT2D eigenvalue weighted by Gasteiger charge is -2.10. The molecule has 0 aliphatic carbocycles. The molecule has 2 unspecified atom stereocenters. The van der Waals surface area contributed by atoms with Gasteiger partial charge in [-0.1, -0.05) is 73.8 Å². The number of unbranched alkanes of at least 4 members (excludes halogenated alkanes) is 1. The first kappa shape index (κ1) is 24.5. The van der Waals surface area contributed by atoms with Gasteiger partial charge in [-0.15, -0.1) is 0 Å². The highest BCUT2D eigenvalue weighted by Gasteiger charge is 2.26. The van der Waals surface area contributed by atoms with Crippen molar-refractivity contribution >= 4 is 6.29 Å². The molecule has 5 heteroatoms. The summed E-state index contributed by atoms with van der Waals surface area (Å²) in [6.07, 6.45) is 26.5. The van der Waals surface area contributed by atoms with E-state index in [1.54, 1.807) is 30.6 Å². The first-order chi connectivity index (χ1) is 13.1. The number of aliphatic hydroxyl groups is 1. The highest BCUT2D eigenvalue weighted by Crippen LogP contribution is 2.07. The van der Waals surface area contributed by atoms with Crippen molar-refractivity contribution in [1.29, 1.82) is 0 Å². The Morgan fingerprint density at radius 2 is 1.63 bits per heavy atom. The van der Waals surface area contributed by atoms with Crippen LogP contribution < -0.4 is 0 Å². The standard InChI is InChI=1S/C22H30NO4/c1-2-3-4-5-6-7-8-9-10-11-12-16-19-22(25)21(23(26)27)18-15-13-14-17-20-24/h3-4,6-7,9-13,15-16,19,21-22,25H,2,5,8,14,17-18H2,1H3/b4-3-,7-6-,10-9-,12-11-,15-13-,19-16-. The van der Waals surface area contributed by atoms with Gasteiger partial charge >= 0.3 is 0 Å². The van der Waals surface area contributed by atoms with E-state index < -0.39 is 17.1 Å². The molecule has 0 amide bonds. The monoisotopic (exact) mass is 372 g/mol. The molecular formula is C22H30NO4. The summed E-state index contributed by atoms with van der Waals surface area (Å²) >= 11 is 0. The van der Waals surface area contributed by atoms with Crippen molar-refractivity contribution in [3.63, 3.8) is 0 Å². The second-order valence-corrected chi connectivity index (χ2v) is 5.75. The Balaban J connectivity index is 4.24. The Morgan fingerprint density at radius 1 is 0.963 bits per heavy atom. The average molecular weight is 372 g/mol. The number of hydrogen-bond donors (Lipinski definition) is 1. The third-order valence-electron chi connectivity index (χ3n) is 3.51. The molecule has 0 aromatic carbocycles. The SMILES string of the molecule is CC/C=C\C/C=C\C\C=C/C=C\C=C/C(O)C(C/C=C\CC[C]=O)[N+](=O)[O-]. The first-order valence-electron chi connectivity index (χ1n) is 9.25. The summed E-state index contributed by atoms with van der Waals surface area (Å²) in [6, 6.07) is -1.10. The maximum Gasteiger partial charge on any atom is 0.245 e. The number of nitro groups is 1. The zero-order chi connectivity index (χ0) is 20.2. The minimum absolute atomic E-state index is 0.112. The number of allylic oxidation sites excluding steroid dienone is 10. The van der Waals surface area contributed by atoms with E-state index in [4.69, 9.17) is 0 Å². The van der Waals surface area contributed by atoms with Crippen LogP contribution in [0.15, 0.2) is 72.9 Å². The molecule has 0 fully saturated rings. The van der Waals surface area contributed by atoms with Gasteiger partial charge in [0.1, 0.15) is 6.10 Å². The van der Waals surface area contributed by atoms with Crippen LogP contribution >= 0.6 is 0 Å². The Morgan fingerprint density at radius 3 is 2.30 bits per heavy atom. The third kappa shape index (κ3) is 15.4. The van der Waals surface area contributed by atoms with Crippen molar-refractivity contribution in [2.45, 2.75) is 57.6 Å². The third-order valence-corrected chi connectivity index (χ3v) is 3.51. The molecular weight excluding hydrogens is 342 g/mol. The topological polar surface area (TPSA) is 80.4 Å². The molecule has 0 aliphatic rings. The maximum atomic E-state index is 11.1. The van der Waals surface area contributed by atoms with Crippen molar-refractivity contribution in [1.82, 2.24) is 0 Å². The molecule has 0 aliphatic heterocycles. The van der Waals surface area contributed by atoms with Crippen LogP contribution in [0.4, 0.5) is 0 Å². The Labute approximate surface area is 162 Å². The highest BCUT2D eigenvalue weighted by molar-refractivity contribution is 5.50. The predicted molar refractivity (Wildman–Crippen MR) is 111 cm³/mol. The van der Waals surface area contributed by atoms with Crippen LogP contribution in [0.2, 0.25) is 0 Å². The number of nitrogens with zero attached hydrogens (tertiary/aromatic N) is 1. The van der Waals surface area contributed by atoms with E-state index in [-0.39, 0.29) is 12.8 Å². The summed E-state index contributed by atoms with van der Waals surface area (Å²) in [5.74, 6) is 0. The number of carbonyl (C=O) groups excluding carboxylic acids is 1. The fraction of sp³-hybridized carbons (Fsp3) is 0.409. The van der Waals surface area contributed by atoms with Gasteiger partial charge in [-0.2, -0.15) is 0 Å². The van der Waals surface area contributed by atoms with Crippen LogP contribution in [0.3, 0.4) is 0 Å². The van der Waals surface area contributed by atoms with Crippen LogP contribution in [0.1, 0.15) is 45.4 Å². The summed E-state index contributed by atoms with van der Waals surface area (Å²) in [4.78, 5) is 20.6. The lowest BCUT2D eigenvalue weighted by Crippen LogP contribution is -2.31. The van der Waals surface area contributed by atoms with Crippen molar-refractivity contribution < 1.29 is 14.8 Å². The number of rotatable bonds is 15. The van der Waals surface area contributed by atoms with E-state index in [1.807, 2.05) is 18.2 Å². The summed E-state index contributed by atoms with van der Waals surface area (Å²) in [5, 5.41) is 21.0. The molecule has 0 rings (SSSR count). The van der Waals surface area contributed by atoms with E-state index >= 15 is 0 Å². The predicted octanol–water partition coefficient (Wildman–Crippen LogP) is 4.80. The Bertz CT molecular complexity index is 571. The van der Waals surface area contributed by atoms with Crippen molar-refractivity contribution in [2.24, 2.45) is 0 Å². The van der Waals surface area contributed by atoms with Crippen LogP contribution in [0.25, 0.3) is 0 Å². The van der Waals surface area contributed by atoms with Crippen molar-refractivity contribution in [3.8, 4) is 0 Å². The Hall–Kier alpha value is -2.53. The van der Waals surface area contributed by atoms with Crippen LogP contribution in [0.5, 0.6) is 0 Å². The van der Waals surface area contributed by atoms with Crippen LogP contribution in [-0.2, 0) is 4.79 Å². The van der Waals surface area contributed by atoms with Gasteiger partial charge in [0, 0.05) is 17.8 Å². The van der Waals surface area contributed by atoms with Gasteiger partial charge in [0.15, 0.2) is 6.29 Å². The van der Waals surface area contributed by atoms with Crippen molar-refractivity contribution in [2.75, 3.05) is 0 Å². The first-order valence-corrected chi connectivity index (χ1v) is 9.25. The molecule has 0 bridgehead atoms. The molecule has 0 heterocycles. The normalized spacial score (nSPS) is 15.2. The molecule has 0 spiro atoms. The fourth-order valence-electron chi connectivity index (χ4n) is 2.05. The van der Waals surface area contributed by atoms with Crippen LogP contribution in [0, 0.1) is 10.1 Å². The summed E-state index contributed by atoms with van der Waals surface area (Å²) < 4.78 is 0. The van der Waals surface area contributed by atoms with Gasteiger partial charge in [-0.05, 0) is 31.8 Å². The van der Waals surface area contributed by atoms with E-state index in [1.165, 1.54) is 6.08 Å². The van der Waals surface area contributed by atoms with Gasteiger partial charge in [-0.25, -0.2) is 0 Å². The van der Waals surface area contributed by atoms with Gasteiger partial charge in [0.05, 0.1) is 0 Å². The van der Waals surface area contributed by atoms with E-state index in [0.717, 1.165) is 19.3 Å². The molecule has 27 heavy (non-hydrogen) atoms. The van der Waals surface area contributed by atoms with Gasteiger partial charge in [-0.3, -0.25) is 14.9 Å². The molecule has 147 valence electrons. The van der Waals surface area contributed by atoms with E-state index in [2.05, 4.69) is 31.2 Å².